The molecule has 0 aromatic heterocycles. The van der Waals surface area contributed by atoms with Gasteiger partial charge in [-0.15, -0.1) is 12.4 Å². The molecule has 1 aliphatic heterocycles. The fourth-order valence-corrected chi connectivity index (χ4v) is 2.23. The van der Waals surface area contributed by atoms with Gasteiger partial charge >= 0.3 is 0 Å². The molecule has 9 nitrogen and oxygen atoms in total. The lowest BCUT2D eigenvalue weighted by molar-refractivity contribution is -0.384. The fraction of sp³-hybridized carbons (Fsp3) is 0.375. The van der Waals surface area contributed by atoms with Crippen molar-refractivity contribution in [2.45, 2.75) is 6.42 Å². The molecule has 0 aliphatic carbocycles. The number of rotatable bonds is 6. The number of nitrogens with one attached hydrogen (secondary N) is 2. The Kier molecular flexibility index (Phi) is 9.27. The number of carbonyl (C=O) groups is 2. The van der Waals surface area contributed by atoms with Crippen LogP contribution in [0.1, 0.15) is 12.0 Å². The maximum absolute atomic E-state index is 11.7. The maximum Gasteiger partial charge on any atom is 0.270 e. The van der Waals surface area contributed by atoms with Gasteiger partial charge in [-0.3, -0.25) is 35.5 Å². The first-order valence-corrected chi connectivity index (χ1v) is 7.86. The van der Waals surface area contributed by atoms with Gasteiger partial charge in [0.1, 0.15) is 0 Å². The molecule has 0 saturated carbocycles. The Labute approximate surface area is 156 Å². The number of hydrogen-bond acceptors (Lipinski definition) is 6. The Morgan fingerprint density at radius 3 is 2.69 bits per heavy atom. The lowest BCUT2D eigenvalue weighted by Crippen LogP contribution is -2.43. The van der Waals surface area contributed by atoms with Gasteiger partial charge in [0.05, 0.1) is 18.1 Å². The van der Waals surface area contributed by atoms with E-state index in [-0.39, 0.29) is 30.4 Å². The van der Waals surface area contributed by atoms with Crippen LogP contribution in [0, 0.1) is 10.1 Å². The quantitative estimate of drug-likeness (QED) is 0.428. The molecule has 1 saturated heterocycles. The molecule has 1 fully saturated rings. The molecule has 1 aliphatic rings. The largest absolute Gasteiger partial charge is 0.379 e. The van der Waals surface area contributed by atoms with Crippen molar-refractivity contribution in [1.82, 2.24) is 15.8 Å². The number of nitro groups is 1. The second-order valence-corrected chi connectivity index (χ2v) is 5.43. The zero-order valence-corrected chi connectivity index (χ0v) is 14.9. The third kappa shape index (κ3) is 7.60. The van der Waals surface area contributed by atoms with Crippen molar-refractivity contribution in [3.63, 3.8) is 0 Å². The molecule has 142 valence electrons. The Morgan fingerprint density at radius 2 is 2.00 bits per heavy atom. The molecule has 0 bridgehead atoms. The molecule has 26 heavy (non-hydrogen) atoms. The number of nitrogens with zero attached hydrogens (tertiary/aromatic N) is 2. The average molecular weight is 385 g/mol. The SMILES string of the molecule is Cl.O=C(C=Cc1cccc([N+](=O)[O-])c1)NNC(=O)CCN1CCOCC1. The molecule has 0 radical (unpaired) electrons. The molecule has 0 spiro atoms. The summed E-state index contributed by atoms with van der Waals surface area (Å²) in [5.74, 6) is -0.810. The van der Waals surface area contributed by atoms with Crippen LogP contribution < -0.4 is 10.9 Å². The number of nitro benzene ring substituents is 1. The summed E-state index contributed by atoms with van der Waals surface area (Å²) in [6.07, 6.45) is 2.90. The van der Waals surface area contributed by atoms with Crippen LogP contribution in [-0.4, -0.2) is 54.5 Å². The van der Waals surface area contributed by atoms with Gasteiger partial charge in [0, 0.05) is 44.3 Å². The summed E-state index contributed by atoms with van der Waals surface area (Å²) >= 11 is 0. The molecular formula is C16H21ClN4O5. The summed E-state index contributed by atoms with van der Waals surface area (Å²) < 4.78 is 5.23. The molecule has 2 amide bonds. The summed E-state index contributed by atoms with van der Waals surface area (Å²) in [6, 6.07) is 5.89. The van der Waals surface area contributed by atoms with Crippen molar-refractivity contribution < 1.29 is 19.2 Å². The van der Waals surface area contributed by atoms with Crippen LogP contribution in [0.25, 0.3) is 6.08 Å². The summed E-state index contributed by atoms with van der Waals surface area (Å²) in [5, 5.41) is 10.7. The molecule has 1 aromatic rings. The number of hydrogen-bond donors (Lipinski definition) is 2. The Hall–Kier alpha value is -2.49. The summed E-state index contributed by atoms with van der Waals surface area (Å²) in [6.45, 7) is 3.54. The third-order valence-corrected chi connectivity index (χ3v) is 3.59. The minimum atomic E-state index is -0.522. The number of carbonyl (C=O) groups excluding carboxylic acids is 2. The van der Waals surface area contributed by atoms with E-state index in [4.69, 9.17) is 4.74 Å². The number of morpholine rings is 1. The highest BCUT2D eigenvalue weighted by molar-refractivity contribution is 5.93. The number of non-ortho nitro benzene ring substituents is 1. The molecule has 0 unspecified atom stereocenters. The molecule has 1 aromatic carbocycles. The number of ether oxygens (including phenoxy) is 1. The number of hydrazine groups is 1. The molecule has 1 heterocycles. The van der Waals surface area contributed by atoms with E-state index in [1.807, 2.05) is 0 Å². The van der Waals surface area contributed by atoms with Gasteiger partial charge in [-0.25, -0.2) is 0 Å². The van der Waals surface area contributed by atoms with E-state index < -0.39 is 10.8 Å². The Balaban J connectivity index is 0.00000338. The zero-order chi connectivity index (χ0) is 18.1. The van der Waals surface area contributed by atoms with E-state index >= 15 is 0 Å². The van der Waals surface area contributed by atoms with Gasteiger partial charge in [-0.2, -0.15) is 0 Å². The van der Waals surface area contributed by atoms with Gasteiger partial charge < -0.3 is 4.74 Å². The molecule has 10 heteroatoms. The van der Waals surface area contributed by atoms with Crippen molar-refractivity contribution in [3.8, 4) is 0 Å². The first-order valence-electron chi connectivity index (χ1n) is 7.86. The first-order chi connectivity index (χ1) is 12.0. The topological polar surface area (TPSA) is 114 Å². The first kappa shape index (κ1) is 21.6. The number of benzene rings is 1. The Bertz CT molecular complexity index is 662. The maximum atomic E-state index is 11.7. The van der Waals surface area contributed by atoms with E-state index in [2.05, 4.69) is 15.8 Å². The molecule has 2 N–H and O–H groups in total. The van der Waals surface area contributed by atoms with Gasteiger partial charge in [0.2, 0.25) is 5.91 Å². The van der Waals surface area contributed by atoms with Crippen molar-refractivity contribution >= 4 is 36.0 Å². The predicted octanol–water partition coefficient (Wildman–Crippen LogP) is 0.899. The lowest BCUT2D eigenvalue weighted by atomic mass is 10.2. The van der Waals surface area contributed by atoms with Crippen LogP contribution >= 0.6 is 12.4 Å². The van der Waals surface area contributed by atoms with Crippen LogP contribution in [0.15, 0.2) is 30.3 Å². The van der Waals surface area contributed by atoms with Gasteiger partial charge in [-0.05, 0) is 11.6 Å². The smallest absolute Gasteiger partial charge is 0.270 e. The molecule has 2 rings (SSSR count). The van der Waals surface area contributed by atoms with Gasteiger partial charge in [0.25, 0.3) is 11.6 Å². The van der Waals surface area contributed by atoms with E-state index in [0.29, 0.717) is 25.3 Å². The molecule has 0 atom stereocenters. The van der Waals surface area contributed by atoms with Crippen molar-refractivity contribution in [2.24, 2.45) is 0 Å². The van der Waals surface area contributed by atoms with E-state index in [9.17, 15) is 19.7 Å². The molecular weight excluding hydrogens is 364 g/mol. The number of amides is 2. The van der Waals surface area contributed by atoms with Crippen LogP contribution in [0.4, 0.5) is 5.69 Å². The van der Waals surface area contributed by atoms with Crippen LogP contribution in [0.2, 0.25) is 0 Å². The second kappa shape index (κ2) is 11.2. The normalized spacial score (nSPS) is 14.5. The lowest BCUT2D eigenvalue weighted by Gasteiger charge is -2.26. The van der Waals surface area contributed by atoms with Crippen LogP contribution in [0.5, 0.6) is 0 Å². The highest BCUT2D eigenvalue weighted by Gasteiger charge is 2.12. The zero-order valence-electron chi connectivity index (χ0n) is 14.1. The van der Waals surface area contributed by atoms with Crippen molar-refractivity contribution in [1.29, 1.82) is 0 Å². The van der Waals surface area contributed by atoms with Gasteiger partial charge in [0.15, 0.2) is 0 Å². The fourth-order valence-electron chi connectivity index (χ4n) is 2.23. The summed E-state index contributed by atoms with van der Waals surface area (Å²) in [7, 11) is 0. The average Bonchev–Trinajstić information content (AvgIpc) is 2.64. The minimum absolute atomic E-state index is 0. The van der Waals surface area contributed by atoms with Crippen LogP contribution in [-0.2, 0) is 14.3 Å². The summed E-state index contributed by atoms with van der Waals surface area (Å²) in [5.41, 5.74) is 5.07. The highest BCUT2D eigenvalue weighted by atomic mass is 35.5. The van der Waals surface area contributed by atoms with E-state index in [1.54, 1.807) is 6.07 Å². The second-order valence-electron chi connectivity index (χ2n) is 5.43. The van der Waals surface area contributed by atoms with Crippen molar-refractivity contribution in [2.75, 3.05) is 32.8 Å². The summed E-state index contributed by atoms with van der Waals surface area (Å²) in [4.78, 5) is 35.7. The highest BCUT2D eigenvalue weighted by Crippen LogP contribution is 2.13. The van der Waals surface area contributed by atoms with Gasteiger partial charge in [-0.1, -0.05) is 12.1 Å². The Morgan fingerprint density at radius 1 is 1.27 bits per heavy atom. The minimum Gasteiger partial charge on any atom is -0.379 e. The third-order valence-electron chi connectivity index (χ3n) is 3.59. The standard InChI is InChI=1S/C16H20N4O5.ClH/c21-15(5-4-13-2-1-3-14(12-13)20(23)24)17-18-16(22)6-7-19-8-10-25-11-9-19;/h1-5,12H,6-11H2,(H,17,21)(H,18,22);1H. The van der Waals surface area contributed by atoms with Crippen molar-refractivity contribution in [3.05, 3.63) is 46.0 Å². The monoisotopic (exact) mass is 384 g/mol. The van der Waals surface area contributed by atoms with E-state index in [1.165, 1.54) is 30.4 Å². The predicted molar refractivity (Wildman–Crippen MR) is 97.5 cm³/mol. The number of halogens is 1. The van der Waals surface area contributed by atoms with E-state index in [0.717, 1.165) is 13.1 Å². The van der Waals surface area contributed by atoms with Crippen LogP contribution in [0.3, 0.4) is 0 Å².